The third-order valence-electron chi connectivity index (χ3n) is 2.76. The van der Waals surface area contributed by atoms with Crippen LogP contribution < -0.4 is 5.32 Å². The summed E-state index contributed by atoms with van der Waals surface area (Å²) in [5.74, 6) is 0.630. The summed E-state index contributed by atoms with van der Waals surface area (Å²) in [5.41, 5.74) is 2.93. The Bertz CT molecular complexity index is 570. The molecule has 0 bridgehead atoms. The van der Waals surface area contributed by atoms with Gasteiger partial charge in [0.1, 0.15) is 6.26 Å². The van der Waals surface area contributed by atoms with Gasteiger partial charge >= 0.3 is 0 Å². The molecule has 0 amide bonds. The van der Waals surface area contributed by atoms with E-state index in [0.717, 1.165) is 21.8 Å². The molecule has 0 saturated carbocycles. The van der Waals surface area contributed by atoms with E-state index in [4.69, 9.17) is 16.0 Å². The van der Waals surface area contributed by atoms with Gasteiger partial charge in [-0.15, -0.1) is 0 Å². The van der Waals surface area contributed by atoms with E-state index < -0.39 is 0 Å². The van der Waals surface area contributed by atoms with E-state index in [9.17, 15) is 0 Å². The number of oxazole rings is 1. The Morgan fingerprint density at radius 1 is 1.32 bits per heavy atom. The van der Waals surface area contributed by atoms with Crippen LogP contribution in [-0.2, 0) is 6.54 Å². The molecule has 1 heterocycles. The van der Waals surface area contributed by atoms with Crippen LogP contribution in [0.5, 0.6) is 0 Å². The van der Waals surface area contributed by atoms with Crippen LogP contribution >= 0.6 is 11.6 Å². The maximum atomic E-state index is 6.01. The standard InChI is InChI=1S/C15H19ClN2O/c1-10-7-11(5-6-13(10)16)14-18-12(9-19-14)8-17-15(2,3)4/h5-7,9,17H,8H2,1-4H3. The summed E-state index contributed by atoms with van der Waals surface area (Å²) < 4.78 is 5.52. The lowest BCUT2D eigenvalue weighted by Gasteiger charge is -2.19. The summed E-state index contributed by atoms with van der Waals surface area (Å²) in [4.78, 5) is 4.48. The summed E-state index contributed by atoms with van der Waals surface area (Å²) in [6.07, 6.45) is 1.69. The summed E-state index contributed by atoms with van der Waals surface area (Å²) in [5, 5.41) is 4.13. The van der Waals surface area contributed by atoms with E-state index in [1.54, 1.807) is 6.26 Å². The molecule has 1 aromatic carbocycles. The first kappa shape index (κ1) is 14.1. The molecule has 2 aromatic rings. The minimum atomic E-state index is 0.0655. The van der Waals surface area contributed by atoms with Crippen molar-refractivity contribution in [3.8, 4) is 11.5 Å². The number of halogens is 1. The lowest BCUT2D eigenvalue weighted by atomic mass is 10.1. The van der Waals surface area contributed by atoms with E-state index in [1.165, 1.54) is 0 Å². The van der Waals surface area contributed by atoms with E-state index in [0.29, 0.717) is 12.4 Å². The first-order valence-electron chi connectivity index (χ1n) is 6.31. The van der Waals surface area contributed by atoms with Crippen molar-refractivity contribution in [3.63, 3.8) is 0 Å². The second kappa shape index (κ2) is 5.35. The van der Waals surface area contributed by atoms with Crippen LogP contribution in [0.4, 0.5) is 0 Å². The van der Waals surface area contributed by atoms with Gasteiger partial charge in [0.05, 0.1) is 5.69 Å². The molecule has 3 nitrogen and oxygen atoms in total. The maximum absolute atomic E-state index is 6.01. The Morgan fingerprint density at radius 3 is 2.68 bits per heavy atom. The first-order chi connectivity index (χ1) is 8.85. The van der Waals surface area contributed by atoms with Crippen molar-refractivity contribution in [1.29, 1.82) is 0 Å². The maximum Gasteiger partial charge on any atom is 0.226 e. The molecule has 0 aliphatic carbocycles. The zero-order valence-corrected chi connectivity index (χ0v) is 12.5. The van der Waals surface area contributed by atoms with Gasteiger partial charge in [0.15, 0.2) is 0 Å². The fourth-order valence-electron chi connectivity index (χ4n) is 1.65. The number of nitrogens with one attached hydrogen (secondary N) is 1. The Kier molecular flexibility index (Phi) is 3.97. The molecule has 0 fully saturated rings. The van der Waals surface area contributed by atoms with Gasteiger partial charge in [-0.1, -0.05) is 11.6 Å². The Balaban J connectivity index is 2.14. The van der Waals surface area contributed by atoms with Crippen LogP contribution in [0.1, 0.15) is 32.0 Å². The van der Waals surface area contributed by atoms with Crippen LogP contribution in [0.15, 0.2) is 28.9 Å². The first-order valence-corrected chi connectivity index (χ1v) is 6.69. The topological polar surface area (TPSA) is 38.1 Å². The Hall–Kier alpha value is -1.32. The van der Waals surface area contributed by atoms with Crippen molar-refractivity contribution in [1.82, 2.24) is 10.3 Å². The molecule has 0 aliphatic heterocycles. The summed E-state index contributed by atoms with van der Waals surface area (Å²) >= 11 is 6.01. The highest BCUT2D eigenvalue weighted by Gasteiger charge is 2.12. The van der Waals surface area contributed by atoms with E-state index in [-0.39, 0.29) is 5.54 Å². The Morgan fingerprint density at radius 2 is 2.05 bits per heavy atom. The van der Waals surface area contributed by atoms with Crippen LogP contribution in [-0.4, -0.2) is 10.5 Å². The molecular formula is C15H19ClN2O. The van der Waals surface area contributed by atoms with Crippen molar-refractivity contribution in [2.45, 2.75) is 39.8 Å². The van der Waals surface area contributed by atoms with Crippen LogP contribution in [0.25, 0.3) is 11.5 Å². The fourth-order valence-corrected chi connectivity index (χ4v) is 1.77. The molecule has 2 rings (SSSR count). The molecule has 0 atom stereocenters. The summed E-state index contributed by atoms with van der Waals surface area (Å²) in [6, 6.07) is 5.76. The zero-order valence-electron chi connectivity index (χ0n) is 11.7. The second-order valence-corrected chi connectivity index (χ2v) is 6.12. The number of aryl methyl sites for hydroxylation is 1. The van der Waals surface area contributed by atoms with Gasteiger partial charge in [-0.05, 0) is 51.5 Å². The normalized spacial score (nSPS) is 11.8. The minimum Gasteiger partial charge on any atom is -0.444 e. The number of aromatic nitrogens is 1. The van der Waals surface area contributed by atoms with Crippen molar-refractivity contribution in [2.24, 2.45) is 0 Å². The van der Waals surface area contributed by atoms with E-state index in [2.05, 4.69) is 31.1 Å². The van der Waals surface area contributed by atoms with E-state index >= 15 is 0 Å². The average molecular weight is 279 g/mol. The van der Waals surface area contributed by atoms with Gasteiger partial charge < -0.3 is 9.73 Å². The van der Waals surface area contributed by atoms with Crippen LogP contribution in [0.3, 0.4) is 0 Å². The van der Waals surface area contributed by atoms with Crippen molar-refractivity contribution in [3.05, 3.63) is 40.7 Å². The Labute approximate surface area is 119 Å². The quantitative estimate of drug-likeness (QED) is 0.915. The highest BCUT2D eigenvalue weighted by Crippen LogP contribution is 2.24. The van der Waals surface area contributed by atoms with Gasteiger partial charge in [0, 0.05) is 22.7 Å². The molecule has 0 aliphatic rings. The van der Waals surface area contributed by atoms with Gasteiger partial charge in [-0.2, -0.15) is 0 Å². The number of hydrogen-bond donors (Lipinski definition) is 1. The van der Waals surface area contributed by atoms with Crippen molar-refractivity contribution < 1.29 is 4.42 Å². The molecule has 19 heavy (non-hydrogen) atoms. The molecule has 1 aromatic heterocycles. The minimum absolute atomic E-state index is 0.0655. The number of rotatable bonds is 3. The number of hydrogen-bond acceptors (Lipinski definition) is 3. The largest absolute Gasteiger partial charge is 0.444 e. The molecule has 0 spiro atoms. The average Bonchev–Trinajstić information content (AvgIpc) is 2.78. The molecule has 102 valence electrons. The van der Waals surface area contributed by atoms with Gasteiger partial charge in [0.2, 0.25) is 5.89 Å². The van der Waals surface area contributed by atoms with E-state index in [1.807, 2.05) is 25.1 Å². The van der Waals surface area contributed by atoms with Gasteiger partial charge in [-0.25, -0.2) is 4.98 Å². The van der Waals surface area contributed by atoms with Gasteiger partial charge in [-0.3, -0.25) is 0 Å². The summed E-state index contributed by atoms with van der Waals surface area (Å²) in [7, 11) is 0. The molecular weight excluding hydrogens is 260 g/mol. The molecule has 1 N–H and O–H groups in total. The molecule has 0 radical (unpaired) electrons. The fraction of sp³-hybridized carbons (Fsp3) is 0.400. The second-order valence-electron chi connectivity index (χ2n) is 5.71. The van der Waals surface area contributed by atoms with Gasteiger partial charge in [0.25, 0.3) is 0 Å². The monoisotopic (exact) mass is 278 g/mol. The molecule has 4 heteroatoms. The lowest BCUT2D eigenvalue weighted by molar-refractivity contribution is 0.421. The molecule has 0 saturated heterocycles. The molecule has 0 unspecified atom stereocenters. The van der Waals surface area contributed by atoms with Crippen LogP contribution in [0.2, 0.25) is 5.02 Å². The SMILES string of the molecule is Cc1cc(-c2nc(CNC(C)(C)C)co2)ccc1Cl. The smallest absolute Gasteiger partial charge is 0.226 e. The predicted molar refractivity (Wildman–Crippen MR) is 78.3 cm³/mol. The highest BCUT2D eigenvalue weighted by molar-refractivity contribution is 6.31. The highest BCUT2D eigenvalue weighted by atomic mass is 35.5. The number of benzene rings is 1. The van der Waals surface area contributed by atoms with Crippen molar-refractivity contribution in [2.75, 3.05) is 0 Å². The predicted octanol–water partition coefficient (Wildman–Crippen LogP) is 4.19. The third kappa shape index (κ3) is 3.82. The number of nitrogens with zero attached hydrogens (tertiary/aromatic N) is 1. The lowest BCUT2D eigenvalue weighted by Crippen LogP contribution is -2.35. The third-order valence-corrected chi connectivity index (χ3v) is 3.18. The summed E-state index contributed by atoms with van der Waals surface area (Å²) in [6.45, 7) is 9.03. The zero-order chi connectivity index (χ0) is 14.0. The van der Waals surface area contributed by atoms with Crippen molar-refractivity contribution >= 4 is 11.6 Å². The van der Waals surface area contributed by atoms with Crippen LogP contribution in [0, 0.1) is 6.92 Å².